The van der Waals surface area contributed by atoms with Crippen molar-refractivity contribution < 1.29 is 4.79 Å². The number of thiazole rings is 1. The van der Waals surface area contributed by atoms with Crippen LogP contribution in [-0.4, -0.2) is 48.4 Å². The molecule has 164 valence electrons. The summed E-state index contributed by atoms with van der Waals surface area (Å²) in [5.74, 6) is 1.08. The standard InChI is InChI=1S/C22H31N5OS.HI/c1-15(2)19-14-29-20(26-19)12-23-22(24-13-21(28)27(3)4)25-18-10-9-16-7-5-6-8-17(16)11-18;/h5-8,14-15,18H,9-13H2,1-4H3,(H2,23,24,25);1H. The van der Waals surface area contributed by atoms with Crippen LogP contribution in [0.2, 0.25) is 0 Å². The fourth-order valence-electron chi connectivity index (χ4n) is 3.29. The number of aryl methyl sites for hydroxylation is 1. The Bertz CT molecular complexity index is 865. The maximum atomic E-state index is 12.0. The molecule has 2 N–H and O–H groups in total. The third-order valence-electron chi connectivity index (χ3n) is 5.13. The van der Waals surface area contributed by atoms with Crippen LogP contribution in [0, 0.1) is 0 Å². The van der Waals surface area contributed by atoms with Gasteiger partial charge in [-0.25, -0.2) is 9.98 Å². The lowest BCUT2D eigenvalue weighted by molar-refractivity contribution is -0.127. The molecule has 8 heteroatoms. The fourth-order valence-corrected chi connectivity index (χ4v) is 4.18. The Morgan fingerprint density at radius 1 is 1.30 bits per heavy atom. The zero-order chi connectivity index (χ0) is 20.8. The van der Waals surface area contributed by atoms with E-state index in [1.54, 1.807) is 30.3 Å². The number of carbonyl (C=O) groups excluding carboxylic acids is 1. The number of amides is 1. The van der Waals surface area contributed by atoms with Crippen LogP contribution < -0.4 is 10.6 Å². The summed E-state index contributed by atoms with van der Waals surface area (Å²) in [5.41, 5.74) is 3.94. The number of hydrogen-bond donors (Lipinski definition) is 2. The van der Waals surface area contributed by atoms with E-state index in [1.165, 1.54) is 11.1 Å². The zero-order valence-electron chi connectivity index (χ0n) is 18.1. The number of fused-ring (bicyclic) bond motifs is 1. The van der Waals surface area contributed by atoms with Crippen LogP contribution in [0.3, 0.4) is 0 Å². The van der Waals surface area contributed by atoms with Crippen LogP contribution in [-0.2, 0) is 24.2 Å². The van der Waals surface area contributed by atoms with Gasteiger partial charge in [0.2, 0.25) is 5.91 Å². The van der Waals surface area contributed by atoms with Crippen LogP contribution in [0.15, 0.2) is 34.6 Å². The summed E-state index contributed by atoms with van der Waals surface area (Å²) in [6.45, 7) is 5.02. The molecule has 1 aliphatic rings. The number of carbonyl (C=O) groups is 1. The summed E-state index contributed by atoms with van der Waals surface area (Å²) in [6, 6.07) is 8.91. The molecule has 0 radical (unpaired) electrons. The van der Waals surface area contributed by atoms with E-state index in [4.69, 9.17) is 0 Å². The largest absolute Gasteiger partial charge is 0.353 e. The van der Waals surface area contributed by atoms with Gasteiger partial charge in [0, 0.05) is 25.5 Å². The van der Waals surface area contributed by atoms with Crippen molar-refractivity contribution in [3.63, 3.8) is 0 Å². The summed E-state index contributed by atoms with van der Waals surface area (Å²) in [5, 5.41) is 10.0. The molecule has 1 unspecified atom stereocenters. The van der Waals surface area contributed by atoms with Gasteiger partial charge in [0.05, 0.1) is 12.2 Å². The average molecular weight is 542 g/mol. The lowest BCUT2D eigenvalue weighted by Gasteiger charge is -2.27. The van der Waals surface area contributed by atoms with E-state index in [0.29, 0.717) is 24.5 Å². The first kappa shape index (κ1) is 24.6. The minimum atomic E-state index is -0.0172. The normalized spacial score (nSPS) is 15.9. The van der Waals surface area contributed by atoms with E-state index in [0.717, 1.165) is 30.0 Å². The number of aromatic nitrogens is 1. The molecular formula is C22H32IN5OS. The molecule has 1 heterocycles. The highest BCUT2D eigenvalue weighted by molar-refractivity contribution is 14.0. The number of aliphatic imine (C=N–C) groups is 1. The number of hydrogen-bond acceptors (Lipinski definition) is 4. The second-order valence-electron chi connectivity index (χ2n) is 7.98. The fraction of sp³-hybridized carbons (Fsp3) is 0.500. The van der Waals surface area contributed by atoms with E-state index in [9.17, 15) is 4.79 Å². The third kappa shape index (κ3) is 6.94. The molecule has 1 aromatic carbocycles. The first-order valence-corrected chi connectivity index (χ1v) is 11.1. The summed E-state index contributed by atoms with van der Waals surface area (Å²) in [4.78, 5) is 22.8. The Hall–Kier alpha value is -1.68. The van der Waals surface area contributed by atoms with E-state index >= 15 is 0 Å². The Morgan fingerprint density at radius 3 is 2.70 bits per heavy atom. The first-order chi connectivity index (χ1) is 13.9. The van der Waals surface area contributed by atoms with E-state index in [1.807, 2.05) is 0 Å². The summed E-state index contributed by atoms with van der Waals surface area (Å²) in [7, 11) is 3.50. The van der Waals surface area contributed by atoms with Gasteiger partial charge in [0.15, 0.2) is 5.96 Å². The minimum absolute atomic E-state index is 0. The Balaban J connectivity index is 0.00000320. The molecule has 1 atom stereocenters. The number of benzene rings is 1. The molecule has 3 rings (SSSR count). The van der Waals surface area contributed by atoms with Crippen LogP contribution in [0.4, 0.5) is 0 Å². The molecule has 1 aliphatic carbocycles. The van der Waals surface area contributed by atoms with Gasteiger partial charge >= 0.3 is 0 Å². The maximum Gasteiger partial charge on any atom is 0.243 e. The van der Waals surface area contributed by atoms with Gasteiger partial charge in [-0.05, 0) is 36.3 Å². The topological polar surface area (TPSA) is 69.6 Å². The van der Waals surface area contributed by atoms with Crippen molar-refractivity contribution >= 4 is 47.2 Å². The smallest absolute Gasteiger partial charge is 0.243 e. The highest BCUT2D eigenvalue weighted by Gasteiger charge is 2.19. The van der Waals surface area contributed by atoms with Gasteiger partial charge in [0.25, 0.3) is 0 Å². The Morgan fingerprint density at radius 2 is 2.03 bits per heavy atom. The van der Waals surface area contributed by atoms with Crippen LogP contribution >= 0.6 is 35.3 Å². The molecule has 0 spiro atoms. The molecular weight excluding hydrogens is 509 g/mol. The number of halogens is 1. The SMILES string of the molecule is CC(C)c1csc(CNC(=NCC(=O)N(C)C)NC2CCc3ccccc3C2)n1.I. The van der Waals surface area contributed by atoms with Gasteiger partial charge in [-0.2, -0.15) is 0 Å². The molecule has 0 fully saturated rings. The lowest BCUT2D eigenvalue weighted by atomic mass is 9.88. The number of rotatable bonds is 6. The molecule has 0 bridgehead atoms. The van der Waals surface area contributed by atoms with Gasteiger partial charge in [-0.15, -0.1) is 35.3 Å². The molecule has 0 saturated carbocycles. The summed E-state index contributed by atoms with van der Waals surface area (Å²) >= 11 is 1.65. The van der Waals surface area contributed by atoms with Gasteiger partial charge in [-0.3, -0.25) is 4.79 Å². The average Bonchev–Trinajstić information content (AvgIpc) is 3.19. The van der Waals surface area contributed by atoms with Crippen molar-refractivity contribution in [2.24, 2.45) is 4.99 Å². The zero-order valence-corrected chi connectivity index (χ0v) is 21.3. The minimum Gasteiger partial charge on any atom is -0.353 e. The van der Waals surface area contributed by atoms with Crippen molar-refractivity contribution in [3.05, 3.63) is 51.5 Å². The second-order valence-corrected chi connectivity index (χ2v) is 8.92. The Kier molecular flexibility index (Phi) is 9.54. The number of nitrogens with one attached hydrogen (secondary N) is 2. The molecule has 0 saturated heterocycles. The monoisotopic (exact) mass is 541 g/mol. The third-order valence-corrected chi connectivity index (χ3v) is 5.99. The van der Waals surface area contributed by atoms with E-state index < -0.39 is 0 Å². The molecule has 30 heavy (non-hydrogen) atoms. The molecule has 2 aromatic rings. The molecule has 1 aromatic heterocycles. The maximum absolute atomic E-state index is 12.0. The van der Waals surface area contributed by atoms with Crippen molar-refractivity contribution in [3.8, 4) is 0 Å². The van der Waals surface area contributed by atoms with Crippen molar-refractivity contribution in [2.45, 2.75) is 51.6 Å². The highest BCUT2D eigenvalue weighted by atomic mass is 127. The van der Waals surface area contributed by atoms with Crippen LogP contribution in [0.5, 0.6) is 0 Å². The Labute approximate surface area is 200 Å². The van der Waals surface area contributed by atoms with E-state index in [-0.39, 0.29) is 36.4 Å². The van der Waals surface area contributed by atoms with Crippen molar-refractivity contribution in [2.75, 3.05) is 20.6 Å². The molecule has 0 aliphatic heterocycles. The summed E-state index contributed by atoms with van der Waals surface area (Å²) in [6.07, 6.45) is 3.07. The van der Waals surface area contributed by atoms with Gasteiger partial charge < -0.3 is 15.5 Å². The van der Waals surface area contributed by atoms with Gasteiger partial charge in [-0.1, -0.05) is 38.1 Å². The summed E-state index contributed by atoms with van der Waals surface area (Å²) < 4.78 is 0. The molecule has 6 nitrogen and oxygen atoms in total. The lowest BCUT2D eigenvalue weighted by Crippen LogP contribution is -2.46. The number of nitrogens with zero attached hydrogens (tertiary/aromatic N) is 3. The number of guanidine groups is 1. The van der Waals surface area contributed by atoms with Crippen LogP contribution in [0.25, 0.3) is 0 Å². The highest BCUT2D eigenvalue weighted by Crippen LogP contribution is 2.21. The first-order valence-electron chi connectivity index (χ1n) is 10.2. The van der Waals surface area contributed by atoms with Crippen LogP contribution in [0.1, 0.15) is 48.0 Å². The van der Waals surface area contributed by atoms with E-state index in [2.05, 4.69) is 64.1 Å². The second kappa shape index (κ2) is 11.6. The quantitative estimate of drug-likeness (QED) is 0.334. The predicted molar refractivity (Wildman–Crippen MR) is 135 cm³/mol. The van der Waals surface area contributed by atoms with Crippen molar-refractivity contribution in [1.82, 2.24) is 20.5 Å². The van der Waals surface area contributed by atoms with Crippen molar-refractivity contribution in [1.29, 1.82) is 0 Å². The molecule has 1 amide bonds. The predicted octanol–water partition coefficient (Wildman–Crippen LogP) is 3.57. The number of likely N-dealkylation sites (N-methyl/N-ethyl adjacent to an activating group) is 1. The van der Waals surface area contributed by atoms with Gasteiger partial charge in [0.1, 0.15) is 11.6 Å².